The molecule has 1 aromatic heterocycles. The van der Waals surface area contributed by atoms with Crippen LogP contribution in [0.15, 0.2) is 42.5 Å². The van der Waals surface area contributed by atoms with Crippen LogP contribution in [0.4, 0.5) is 0 Å². The number of H-pyrrole nitrogens is 1. The van der Waals surface area contributed by atoms with Crippen LogP contribution in [0.5, 0.6) is 0 Å². The number of rotatable bonds is 6. The van der Waals surface area contributed by atoms with Gasteiger partial charge in [-0.1, -0.05) is 37.3 Å². The fourth-order valence-corrected chi connectivity index (χ4v) is 2.99. The monoisotopic (exact) mass is 337 g/mol. The standard InChI is InChI=1S/C20H23N3O2/c1-3-7-18-21-16-11-15(10-13(2)19(16)23-18)20(25)22-17(12-24)14-8-5-4-6-9-14/h4-6,8-11,17,24H,3,7,12H2,1-2H3,(H,21,23)(H,22,25)/t17-/m1/s1. The van der Waals surface area contributed by atoms with Gasteiger partial charge in [0.05, 0.1) is 23.7 Å². The summed E-state index contributed by atoms with van der Waals surface area (Å²) in [6.07, 6.45) is 1.90. The molecular weight excluding hydrogens is 314 g/mol. The Hall–Kier alpha value is -2.66. The van der Waals surface area contributed by atoms with Gasteiger partial charge in [-0.15, -0.1) is 0 Å². The maximum Gasteiger partial charge on any atom is 0.251 e. The lowest BCUT2D eigenvalue weighted by Crippen LogP contribution is -2.30. The van der Waals surface area contributed by atoms with Crippen molar-refractivity contribution in [3.8, 4) is 0 Å². The van der Waals surface area contributed by atoms with Crippen LogP contribution in [0.2, 0.25) is 0 Å². The number of aromatic nitrogens is 2. The molecule has 3 N–H and O–H groups in total. The molecule has 0 unspecified atom stereocenters. The number of carbonyl (C=O) groups excluding carboxylic acids is 1. The molecule has 0 saturated heterocycles. The maximum absolute atomic E-state index is 12.7. The summed E-state index contributed by atoms with van der Waals surface area (Å²) in [6.45, 7) is 3.91. The van der Waals surface area contributed by atoms with Crippen LogP contribution in [0, 0.1) is 6.92 Å². The zero-order valence-electron chi connectivity index (χ0n) is 14.5. The molecule has 0 spiro atoms. The van der Waals surface area contributed by atoms with Crippen molar-refractivity contribution in [3.05, 3.63) is 65.0 Å². The fraction of sp³-hybridized carbons (Fsp3) is 0.300. The Morgan fingerprint density at radius 2 is 2.04 bits per heavy atom. The van der Waals surface area contributed by atoms with Crippen molar-refractivity contribution in [1.82, 2.24) is 15.3 Å². The Morgan fingerprint density at radius 3 is 2.72 bits per heavy atom. The molecule has 0 aliphatic rings. The molecule has 0 aliphatic carbocycles. The second-order valence-electron chi connectivity index (χ2n) is 6.24. The Balaban J connectivity index is 1.86. The predicted octanol–water partition coefficient (Wildman–Crippen LogP) is 3.29. The number of aliphatic hydroxyl groups is 1. The number of benzene rings is 2. The lowest BCUT2D eigenvalue weighted by molar-refractivity contribution is 0.0916. The first-order valence-electron chi connectivity index (χ1n) is 8.58. The second kappa shape index (κ2) is 7.49. The molecule has 2 aromatic carbocycles. The average molecular weight is 337 g/mol. The van der Waals surface area contributed by atoms with E-state index in [4.69, 9.17) is 0 Å². The Kier molecular flexibility index (Phi) is 5.14. The van der Waals surface area contributed by atoms with Crippen molar-refractivity contribution in [1.29, 1.82) is 0 Å². The highest BCUT2D eigenvalue weighted by Crippen LogP contribution is 2.20. The Labute approximate surface area is 147 Å². The van der Waals surface area contributed by atoms with Gasteiger partial charge in [-0.2, -0.15) is 0 Å². The minimum atomic E-state index is -0.429. The van der Waals surface area contributed by atoms with Gasteiger partial charge < -0.3 is 15.4 Å². The summed E-state index contributed by atoms with van der Waals surface area (Å²) in [5.74, 6) is 0.732. The molecule has 5 nitrogen and oxygen atoms in total. The molecule has 0 bridgehead atoms. The van der Waals surface area contributed by atoms with Gasteiger partial charge in [0, 0.05) is 12.0 Å². The van der Waals surface area contributed by atoms with Gasteiger partial charge in [0.25, 0.3) is 5.91 Å². The molecule has 1 atom stereocenters. The van der Waals surface area contributed by atoms with Crippen LogP contribution in [0.1, 0.15) is 46.7 Å². The molecule has 0 saturated carbocycles. The molecule has 130 valence electrons. The molecule has 0 radical (unpaired) electrons. The zero-order valence-corrected chi connectivity index (χ0v) is 14.5. The topological polar surface area (TPSA) is 78.0 Å². The van der Waals surface area contributed by atoms with Crippen molar-refractivity contribution in [2.75, 3.05) is 6.61 Å². The first-order valence-corrected chi connectivity index (χ1v) is 8.58. The van der Waals surface area contributed by atoms with Crippen LogP contribution in [-0.4, -0.2) is 27.6 Å². The second-order valence-corrected chi connectivity index (χ2v) is 6.24. The number of hydrogen-bond donors (Lipinski definition) is 3. The lowest BCUT2D eigenvalue weighted by atomic mass is 10.1. The van der Waals surface area contributed by atoms with E-state index in [0.29, 0.717) is 5.56 Å². The quantitative estimate of drug-likeness (QED) is 0.646. The van der Waals surface area contributed by atoms with Gasteiger partial charge >= 0.3 is 0 Å². The van der Waals surface area contributed by atoms with Crippen LogP contribution < -0.4 is 5.32 Å². The molecular formula is C20H23N3O2. The fourth-order valence-electron chi connectivity index (χ4n) is 2.99. The third-order valence-electron chi connectivity index (χ3n) is 4.27. The van der Waals surface area contributed by atoms with Gasteiger partial charge in [0.1, 0.15) is 5.82 Å². The van der Waals surface area contributed by atoms with Crippen LogP contribution in [0.3, 0.4) is 0 Å². The molecule has 1 heterocycles. The number of aliphatic hydroxyl groups excluding tert-OH is 1. The number of carbonyl (C=O) groups is 1. The highest BCUT2D eigenvalue weighted by Gasteiger charge is 2.16. The zero-order chi connectivity index (χ0) is 17.8. The first kappa shape index (κ1) is 17.2. The summed E-state index contributed by atoms with van der Waals surface area (Å²) in [5, 5.41) is 12.5. The van der Waals surface area contributed by atoms with E-state index in [2.05, 4.69) is 22.2 Å². The van der Waals surface area contributed by atoms with Crippen LogP contribution >= 0.6 is 0 Å². The lowest BCUT2D eigenvalue weighted by Gasteiger charge is -2.17. The van der Waals surface area contributed by atoms with E-state index >= 15 is 0 Å². The van der Waals surface area contributed by atoms with Gasteiger partial charge in [-0.3, -0.25) is 4.79 Å². The van der Waals surface area contributed by atoms with Crippen LogP contribution in [-0.2, 0) is 6.42 Å². The summed E-state index contributed by atoms with van der Waals surface area (Å²) < 4.78 is 0. The normalized spacial score (nSPS) is 12.3. The SMILES string of the molecule is CCCc1nc2c(C)cc(C(=O)N[C@H](CO)c3ccccc3)cc2[nH]1. The molecule has 0 fully saturated rings. The molecule has 3 rings (SSSR count). The van der Waals surface area contributed by atoms with Crippen molar-refractivity contribution < 1.29 is 9.90 Å². The number of aryl methyl sites for hydroxylation is 2. The highest BCUT2D eigenvalue weighted by atomic mass is 16.3. The van der Waals surface area contributed by atoms with Gasteiger partial charge in [-0.25, -0.2) is 4.98 Å². The van der Waals surface area contributed by atoms with E-state index in [1.165, 1.54) is 0 Å². The largest absolute Gasteiger partial charge is 0.394 e. The number of aromatic amines is 1. The molecule has 5 heteroatoms. The molecule has 1 amide bonds. The van der Waals surface area contributed by atoms with Gasteiger partial charge in [0.2, 0.25) is 0 Å². The van der Waals surface area contributed by atoms with Crippen molar-refractivity contribution in [3.63, 3.8) is 0 Å². The maximum atomic E-state index is 12.7. The van der Waals surface area contributed by atoms with Crippen molar-refractivity contribution in [2.24, 2.45) is 0 Å². The molecule has 0 aliphatic heterocycles. The van der Waals surface area contributed by atoms with E-state index in [9.17, 15) is 9.90 Å². The smallest absolute Gasteiger partial charge is 0.251 e. The first-order chi connectivity index (χ1) is 12.1. The summed E-state index contributed by atoms with van der Waals surface area (Å²) in [6, 6.07) is 12.7. The number of imidazole rings is 1. The van der Waals surface area contributed by atoms with Crippen LogP contribution in [0.25, 0.3) is 11.0 Å². The summed E-state index contributed by atoms with van der Waals surface area (Å²) >= 11 is 0. The summed E-state index contributed by atoms with van der Waals surface area (Å²) in [4.78, 5) is 20.6. The molecule has 25 heavy (non-hydrogen) atoms. The van der Waals surface area contributed by atoms with Gasteiger partial charge in [-0.05, 0) is 36.6 Å². The van der Waals surface area contributed by atoms with E-state index in [1.54, 1.807) is 0 Å². The van der Waals surface area contributed by atoms with E-state index in [1.807, 2.05) is 49.4 Å². The third kappa shape index (κ3) is 3.72. The summed E-state index contributed by atoms with van der Waals surface area (Å²) in [5.41, 5.74) is 4.17. The molecule has 3 aromatic rings. The number of nitrogens with one attached hydrogen (secondary N) is 2. The highest BCUT2D eigenvalue weighted by molar-refractivity contribution is 5.98. The minimum Gasteiger partial charge on any atom is -0.394 e. The predicted molar refractivity (Wildman–Crippen MR) is 98.6 cm³/mol. The van der Waals surface area contributed by atoms with Gasteiger partial charge in [0.15, 0.2) is 0 Å². The number of hydrogen-bond acceptors (Lipinski definition) is 3. The van der Waals surface area contributed by atoms with E-state index in [0.717, 1.165) is 40.8 Å². The minimum absolute atomic E-state index is 0.151. The Morgan fingerprint density at radius 1 is 1.28 bits per heavy atom. The number of fused-ring (bicyclic) bond motifs is 1. The Bertz CT molecular complexity index is 871. The van der Waals surface area contributed by atoms with Crippen molar-refractivity contribution >= 4 is 16.9 Å². The summed E-state index contributed by atoms with van der Waals surface area (Å²) in [7, 11) is 0. The average Bonchev–Trinajstić information content (AvgIpc) is 3.03. The van der Waals surface area contributed by atoms with Crippen molar-refractivity contribution in [2.45, 2.75) is 32.7 Å². The number of amides is 1. The van der Waals surface area contributed by atoms with E-state index < -0.39 is 6.04 Å². The van der Waals surface area contributed by atoms with E-state index in [-0.39, 0.29) is 12.5 Å². The third-order valence-corrected chi connectivity index (χ3v) is 4.27. The number of nitrogens with zero attached hydrogens (tertiary/aromatic N) is 1.